The van der Waals surface area contributed by atoms with E-state index in [2.05, 4.69) is 4.98 Å². The average Bonchev–Trinajstić information content (AvgIpc) is 2.63. The first kappa shape index (κ1) is 8.96. The molecule has 74 valence electrons. The Balaban J connectivity index is 2.44. The highest BCUT2D eigenvalue weighted by Gasteiger charge is 2.24. The molecule has 1 aromatic rings. The topological polar surface area (TPSA) is 85.4 Å². The van der Waals surface area contributed by atoms with E-state index in [0.717, 1.165) is 5.56 Å². The van der Waals surface area contributed by atoms with Crippen molar-refractivity contribution in [3.8, 4) is 5.75 Å². The Bertz CT molecular complexity index is 378. The Hall–Kier alpha value is -1.62. The van der Waals surface area contributed by atoms with Crippen LogP contribution in [0.15, 0.2) is 12.3 Å². The Morgan fingerprint density at radius 3 is 3.21 bits per heavy atom. The van der Waals surface area contributed by atoms with Gasteiger partial charge in [-0.05, 0) is 6.07 Å². The number of hydrogen-bond donors (Lipinski definition) is 2. The summed E-state index contributed by atoms with van der Waals surface area (Å²) in [4.78, 5) is 14.7. The van der Waals surface area contributed by atoms with Gasteiger partial charge in [-0.3, -0.25) is 9.78 Å². The molecule has 0 bridgehead atoms. The van der Waals surface area contributed by atoms with Crippen LogP contribution in [-0.4, -0.2) is 22.7 Å². The minimum atomic E-state index is -1.07. The first-order valence-electron chi connectivity index (χ1n) is 4.29. The van der Waals surface area contributed by atoms with Gasteiger partial charge >= 0.3 is 5.97 Å². The summed E-state index contributed by atoms with van der Waals surface area (Å²) >= 11 is 0. The molecule has 14 heavy (non-hydrogen) atoms. The van der Waals surface area contributed by atoms with Crippen molar-refractivity contribution in [3.05, 3.63) is 23.5 Å². The van der Waals surface area contributed by atoms with Crippen LogP contribution in [0.4, 0.5) is 0 Å². The summed E-state index contributed by atoms with van der Waals surface area (Å²) in [6, 6.07) is 0.659. The summed E-state index contributed by atoms with van der Waals surface area (Å²) < 4.78 is 5.28. The van der Waals surface area contributed by atoms with E-state index in [-0.39, 0.29) is 0 Å². The number of carboxylic acids is 1. The third kappa shape index (κ3) is 1.31. The maximum Gasteiger partial charge on any atom is 0.326 e. The van der Waals surface area contributed by atoms with Gasteiger partial charge in [-0.15, -0.1) is 0 Å². The van der Waals surface area contributed by atoms with Gasteiger partial charge in [0.05, 0.1) is 12.3 Å². The molecule has 1 aliphatic heterocycles. The van der Waals surface area contributed by atoms with E-state index in [9.17, 15) is 4.79 Å². The molecule has 0 fully saturated rings. The van der Waals surface area contributed by atoms with Gasteiger partial charge in [0.25, 0.3) is 0 Å². The van der Waals surface area contributed by atoms with E-state index in [1.54, 1.807) is 6.07 Å². The minimum absolute atomic E-state index is 0.410. The predicted octanol–water partition coefficient (Wildman–Crippen LogP) is 0.101. The van der Waals surface area contributed by atoms with Gasteiger partial charge in [-0.2, -0.15) is 0 Å². The third-order valence-corrected chi connectivity index (χ3v) is 2.22. The molecular formula is C9H10N2O3. The molecule has 1 aromatic heterocycles. The number of pyridine rings is 1. The number of rotatable bonds is 2. The van der Waals surface area contributed by atoms with Gasteiger partial charge < -0.3 is 15.6 Å². The van der Waals surface area contributed by atoms with Crippen LogP contribution in [0.2, 0.25) is 0 Å². The maximum atomic E-state index is 10.7. The van der Waals surface area contributed by atoms with Crippen molar-refractivity contribution in [3.63, 3.8) is 0 Å². The maximum absolute atomic E-state index is 10.7. The molecule has 0 radical (unpaired) electrons. The van der Waals surface area contributed by atoms with Crippen molar-refractivity contribution in [2.24, 2.45) is 5.73 Å². The second-order valence-corrected chi connectivity index (χ2v) is 3.09. The Kier molecular flexibility index (Phi) is 2.09. The molecule has 5 nitrogen and oxygen atoms in total. The lowest BCUT2D eigenvalue weighted by Gasteiger charge is -2.09. The molecule has 2 rings (SSSR count). The van der Waals surface area contributed by atoms with E-state index < -0.39 is 12.0 Å². The van der Waals surface area contributed by atoms with Gasteiger partial charge in [0.15, 0.2) is 0 Å². The van der Waals surface area contributed by atoms with Crippen molar-refractivity contribution in [2.45, 2.75) is 12.5 Å². The largest absolute Gasteiger partial charge is 0.493 e. The standard InChI is InChI=1S/C9H10N2O3/c10-7(9(12)13)8-5-2-4-14-6(5)1-3-11-8/h1,3,7H,2,4,10H2,(H,12,13). The van der Waals surface area contributed by atoms with Gasteiger partial charge in [0, 0.05) is 18.2 Å². The smallest absolute Gasteiger partial charge is 0.326 e. The van der Waals surface area contributed by atoms with E-state index >= 15 is 0 Å². The molecule has 0 spiro atoms. The normalized spacial score (nSPS) is 15.8. The first-order valence-corrected chi connectivity index (χ1v) is 4.29. The highest BCUT2D eigenvalue weighted by Crippen LogP contribution is 2.29. The lowest BCUT2D eigenvalue weighted by atomic mass is 10.1. The average molecular weight is 194 g/mol. The zero-order valence-corrected chi connectivity index (χ0v) is 7.43. The van der Waals surface area contributed by atoms with Crippen molar-refractivity contribution in [1.82, 2.24) is 4.98 Å². The first-order chi connectivity index (χ1) is 6.70. The Morgan fingerprint density at radius 2 is 2.50 bits per heavy atom. The second-order valence-electron chi connectivity index (χ2n) is 3.09. The number of nitrogens with two attached hydrogens (primary N) is 1. The molecule has 0 saturated carbocycles. The summed E-state index contributed by atoms with van der Waals surface area (Å²) in [7, 11) is 0. The van der Waals surface area contributed by atoms with Crippen LogP contribution >= 0.6 is 0 Å². The van der Waals surface area contributed by atoms with Crippen LogP contribution in [0.5, 0.6) is 5.75 Å². The highest BCUT2D eigenvalue weighted by atomic mass is 16.5. The van der Waals surface area contributed by atoms with E-state index in [0.29, 0.717) is 24.5 Å². The van der Waals surface area contributed by atoms with Gasteiger partial charge in [0.2, 0.25) is 0 Å². The van der Waals surface area contributed by atoms with Gasteiger partial charge in [-0.1, -0.05) is 0 Å². The predicted molar refractivity (Wildman–Crippen MR) is 48.0 cm³/mol. The number of aromatic nitrogens is 1. The summed E-state index contributed by atoms with van der Waals surface area (Å²) in [5.41, 5.74) is 6.72. The number of ether oxygens (including phenoxy) is 1. The number of hydrogen-bond acceptors (Lipinski definition) is 4. The van der Waals surface area contributed by atoms with Crippen molar-refractivity contribution < 1.29 is 14.6 Å². The van der Waals surface area contributed by atoms with Crippen LogP contribution in [0, 0.1) is 0 Å². The quantitative estimate of drug-likeness (QED) is 0.697. The number of carboxylic acid groups (broad SMARTS) is 1. The molecular weight excluding hydrogens is 184 g/mol. The van der Waals surface area contributed by atoms with Crippen LogP contribution in [-0.2, 0) is 11.2 Å². The number of aliphatic carboxylic acids is 1. The number of carbonyl (C=O) groups is 1. The molecule has 1 unspecified atom stereocenters. The Morgan fingerprint density at radius 1 is 1.71 bits per heavy atom. The fraction of sp³-hybridized carbons (Fsp3) is 0.333. The minimum Gasteiger partial charge on any atom is -0.493 e. The van der Waals surface area contributed by atoms with Gasteiger partial charge in [-0.25, -0.2) is 0 Å². The monoisotopic (exact) mass is 194 g/mol. The van der Waals surface area contributed by atoms with Crippen LogP contribution in [0.25, 0.3) is 0 Å². The number of fused-ring (bicyclic) bond motifs is 1. The summed E-state index contributed by atoms with van der Waals surface area (Å²) in [6.07, 6.45) is 2.20. The van der Waals surface area contributed by atoms with E-state index in [1.807, 2.05) is 0 Å². The molecule has 2 heterocycles. The fourth-order valence-corrected chi connectivity index (χ4v) is 1.52. The van der Waals surface area contributed by atoms with Crippen molar-refractivity contribution >= 4 is 5.97 Å². The Labute approximate surface area is 80.5 Å². The zero-order valence-electron chi connectivity index (χ0n) is 7.43. The molecule has 1 aliphatic rings. The summed E-state index contributed by atoms with van der Waals surface area (Å²) in [5.74, 6) is -0.371. The molecule has 0 amide bonds. The third-order valence-electron chi connectivity index (χ3n) is 2.22. The van der Waals surface area contributed by atoms with Crippen LogP contribution in [0.1, 0.15) is 17.3 Å². The van der Waals surface area contributed by atoms with Crippen LogP contribution < -0.4 is 10.5 Å². The van der Waals surface area contributed by atoms with Crippen LogP contribution in [0.3, 0.4) is 0 Å². The van der Waals surface area contributed by atoms with Crippen molar-refractivity contribution in [2.75, 3.05) is 6.61 Å². The molecule has 5 heteroatoms. The lowest BCUT2D eigenvalue weighted by Crippen LogP contribution is -2.23. The molecule has 0 aliphatic carbocycles. The second kappa shape index (κ2) is 3.26. The van der Waals surface area contributed by atoms with Gasteiger partial charge in [0.1, 0.15) is 11.8 Å². The van der Waals surface area contributed by atoms with Crippen molar-refractivity contribution in [1.29, 1.82) is 0 Å². The molecule has 1 atom stereocenters. The molecule has 0 saturated heterocycles. The van der Waals surface area contributed by atoms with E-state index in [1.165, 1.54) is 6.20 Å². The fourth-order valence-electron chi connectivity index (χ4n) is 1.52. The number of nitrogens with zero attached hydrogens (tertiary/aromatic N) is 1. The zero-order chi connectivity index (χ0) is 10.1. The van der Waals surface area contributed by atoms with E-state index in [4.69, 9.17) is 15.6 Å². The SMILES string of the molecule is NC(C(=O)O)c1nccc2c1CCO2. The highest BCUT2D eigenvalue weighted by molar-refractivity contribution is 5.75. The summed E-state index contributed by atoms with van der Waals surface area (Å²) in [6.45, 7) is 0.570. The molecule has 3 N–H and O–H groups in total. The lowest BCUT2D eigenvalue weighted by molar-refractivity contribution is -0.138. The molecule has 0 aromatic carbocycles. The summed E-state index contributed by atoms with van der Waals surface area (Å²) in [5, 5.41) is 8.76.